The van der Waals surface area contributed by atoms with E-state index < -0.39 is 12.1 Å². The molecular formula is C21H25F3N2O. The Balaban J connectivity index is 1.58. The van der Waals surface area contributed by atoms with Gasteiger partial charge in [-0.25, -0.2) is 0 Å². The third-order valence-electron chi connectivity index (χ3n) is 6.71. The SMILES string of the molecule is O=c1cc([C@@H]2CCCC[C@H]2C2CCC(C(F)(F)F)CC2)[nH]c2ccncc12. The van der Waals surface area contributed by atoms with Crippen LogP contribution in [-0.4, -0.2) is 16.1 Å². The lowest BCUT2D eigenvalue weighted by Gasteiger charge is -2.41. The smallest absolute Gasteiger partial charge is 0.358 e. The summed E-state index contributed by atoms with van der Waals surface area (Å²) in [6.45, 7) is 0. The lowest BCUT2D eigenvalue weighted by Crippen LogP contribution is -2.33. The van der Waals surface area contributed by atoms with E-state index in [1.807, 2.05) is 6.07 Å². The molecule has 4 rings (SSSR count). The summed E-state index contributed by atoms with van der Waals surface area (Å²) in [6.07, 6.45) is 5.24. The van der Waals surface area contributed by atoms with Crippen molar-refractivity contribution in [2.24, 2.45) is 17.8 Å². The van der Waals surface area contributed by atoms with Crippen molar-refractivity contribution >= 4 is 10.9 Å². The van der Waals surface area contributed by atoms with Gasteiger partial charge in [0, 0.05) is 30.1 Å². The molecule has 3 nitrogen and oxygen atoms in total. The van der Waals surface area contributed by atoms with E-state index in [4.69, 9.17) is 0 Å². The Bertz CT molecular complexity index is 852. The molecule has 0 saturated heterocycles. The molecule has 2 saturated carbocycles. The number of aromatic amines is 1. The van der Waals surface area contributed by atoms with Crippen LogP contribution >= 0.6 is 0 Å². The Morgan fingerprint density at radius 1 is 1.04 bits per heavy atom. The first-order chi connectivity index (χ1) is 12.9. The number of aromatic nitrogens is 2. The molecule has 2 aromatic rings. The number of hydrogen-bond donors (Lipinski definition) is 1. The van der Waals surface area contributed by atoms with Crippen LogP contribution in [0.3, 0.4) is 0 Å². The van der Waals surface area contributed by atoms with Crippen LogP contribution in [-0.2, 0) is 0 Å². The van der Waals surface area contributed by atoms with Gasteiger partial charge in [-0.15, -0.1) is 0 Å². The maximum Gasteiger partial charge on any atom is 0.391 e. The first-order valence-electron chi connectivity index (χ1n) is 9.97. The van der Waals surface area contributed by atoms with E-state index in [1.165, 1.54) is 0 Å². The van der Waals surface area contributed by atoms with E-state index in [1.54, 1.807) is 18.5 Å². The molecule has 0 aromatic carbocycles. The molecule has 2 aliphatic carbocycles. The summed E-state index contributed by atoms with van der Waals surface area (Å²) < 4.78 is 39.0. The molecule has 0 unspecified atom stereocenters. The number of nitrogens with zero attached hydrogens (tertiary/aromatic N) is 1. The van der Waals surface area contributed by atoms with Gasteiger partial charge in [0.15, 0.2) is 5.43 Å². The molecule has 0 radical (unpaired) electrons. The summed E-state index contributed by atoms with van der Waals surface area (Å²) in [5, 5.41) is 0.583. The quantitative estimate of drug-likeness (QED) is 0.743. The standard InChI is InChI=1S/C21H25F3N2O/c22-21(23,24)14-7-5-13(6-8-14)15-3-1-2-4-16(15)19-11-20(27)17-12-25-10-9-18(17)26-19/h9-16H,1-8H2,(H,26,27)/t13?,14?,15-,16+/m0/s1. The summed E-state index contributed by atoms with van der Waals surface area (Å²) in [5.41, 5.74) is 1.70. The van der Waals surface area contributed by atoms with Gasteiger partial charge < -0.3 is 4.98 Å². The van der Waals surface area contributed by atoms with Crippen LogP contribution in [0.25, 0.3) is 10.9 Å². The number of nitrogens with one attached hydrogen (secondary N) is 1. The number of rotatable bonds is 2. The van der Waals surface area contributed by atoms with Gasteiger partial charge in [0.1, 0.15) is 0 Å². The Morgan fingerprint density at radius 2 is 1.78 bits per heavy atom. The molecule has 2 fully saturated rings. The molecule has 2 aromatic heterocycles. The molecule has 0 aliphatic heterocycles. The van der Waals surface area contributed by atoms with Crippen LogP contribution in [0, 0.1) is 17.8 Å². The molecule has 27 heavy (non-hydrogen) atoms. The molecule has 0 bridgehead atoms. The van der Waals surface area contributed by atoms with E-state index in [-0.39, 0.29) is 24.2 Å². The van der Waals surface area contributed by atoms with Crippen LogP contribution < -0.4 is 5.43 Å². The zero-order valence-electron chi connectivity index (χ0n) is 15.3. The molecule has 0 amide bonds. The zero-order chi connectivity index (χ0) is 19.0. The molecule has 2 heterocycles. The summed E-state index contributed by atoms with van der Waals surface area (Å²) in [7, 11) is 0. The van der Waals surface area contributed by atoms with Crippen molar-refractivity contribution in [2.45, 2.75) is 63.5 Å². The minimum Gasteiger partial charge on any atom is -0.358 e. The Hall–Kier alpha value is -1.85. The van der Waals surface area contributed by atoms with Gasteiger partial charge >= 0.3 is 6.18 Å². The lowest BCUT2D eigenvalue weighted by molar-refractivity contribution is -0.185. The van der Waals surface area contributed by atoms with Gasteiger partial charge in [-0.05, 0) is 56.4 Å². The predicted molar refractivity (Wildman–Crippen MR) is 98.6 cm³/mol. The summed E-state index contributed by atoms with van der Waals surface area (Å²) in [4.78, 5) is 19.9. The second-order valence-electron chi connectivity index (χ2n) is 8.22. The number of alkyl halides is 3. The number of hydrogen-bond acceptors (Lipinski definition) is 2. The molecule has 1 N–H and O–H groups in total. The lowest BCUT2D eigenvalue weighted by atomic mass is 9.65. The van der Waals surface area contributed by atoms with Gasteiger partial charge in [-0.1, -0.05) is 12.8 Å². The van der Waals surface area contributed by atoms with Crippen LogP contribution in [0.15, 0.2) is 29.3 Å². The van der Waals surface area contributed by atoms with Crippen molar-refractivity contribution in [1.82, 2.24) is 9.97 Å². The van der Waals surface area contributed by atoms with Gasteiger partial charge in [-0.2, -0.15) is 13.2 Å². The predicted octanol–water partition coefficient (Wildman–Crippen LogP) is 5.57. The van der Waals surface area contributed by atoms with Gasteiger partial charge in [0.05, 0.1) is 16.8 Å². The van der Waals surface area contributed by atoms with E-state index in [9.17, 15) is 18.0 Å². The number of H-pyrrole nitrogens is 1. The summed E-state index contributed by atoms with van der Waals surface area (Å²) >= 11 is 0. The first kappa shape index (κ1) is 18.5. The molecule has 2 aliphatic rings. The maximum atomic E-state index is 13.0. The van der Waals surface area contributed by atoms with Crippen molar-refractivity contribution in [3.8, 4) is 0 Å². The fourth-order valence-electron chi connectivity index (χ4n) is 5.29. The Kier molecular flexibility index (Phi) is 4.99. The molecule has 6 heteroatoms. The monoisotopic (exact) mass is 378 g/mol. The average molecular weight is 378 g/mol. The second-order valence-corrected chi connectivity index (χ2v) is 8.22. The number of fused-ring (bicyclic) bond motifs is 1. The average Bonchev–Trinajstić information content (AvgIpc) is 2.67. The van der Waals surface area contributed by atoms with Gasteiger partial charge in [-0.3, -0.25) is 9.78 Å². The first-order valence-corrected chi connectivity index (χ1v) is 9.97. The largest absolute Gasteiger partial charge is 0.391 e. The maximum absolute atomic E-state index is 13.0. The normalized spacial score (nSPS) is 29.7. The van der Waals surface area contributed by atoms with Gasteiger partial charge in [0.25, 0.3) is 0 Å². The minimum atomic E-state index is -4.06. The molecule has 146 valence electrons. The fraction of sp³-hybridized carbons (Fsp3) is 0.619. The highest BCUT2D eigenvalue weighted by Gasteiger charge is 2.44. The van der Waals surface area contributed by atoms with Crippen LogP contribution in [0.1, 0.15) is 63.0 Å². The topological polar surface area (TPSA) is 45.8 Å². The summed E-state index contributed by atoms with van der Waals surface area (Å²) in [6, 6.07) is 3.50. The highest BCUT2D eigenvalue weighted by atomic mass is 19.4. The van der Waals surface area contributed by atoms with Crippen molar-refractivity contribution < 1.29 is 13.2 Å². The molecule has 0 spiro atoms. The molecular weight excluding hydrogens is 353 g/mol. The van der Waals surface area contributed by atoms with Crippen molar-refractivity contribution in [1.29, 1.82) is 0 Å². The Labute approximate surface area is 156 Å². The third-order valence-corrected chi connectivity index (χ3v) is 6.71. The highest BCUT2D eigenvalue weighted by molar-refractivity contribution is 5.77. The van der Waals surface area contributed by atoms with E-state index in [0.29, 0.717) is 30.1 Å². The second kappa shape index (κ2) is 7.28. The van der Waals surface area contributed by atoms with E-state index in [0.717, 1.165) is 36.9 Å². The van der Waals surface area contributed by atoms with Crippen LogP contribution in [0.5, 0.6) is 0 Å². The van der Waals surface area contributed by atoms with Crippen molar-refractivity contribution in [3.05, 3.63) is 40.4 Å². The fourth-order valence-corrected chi connectivity index (χ4v) is 5.29. The zero-order valence-corrected chi connectivity index (χ0v) is 15.3. The third kappa shape index (κ3) is 3.76. The minimum absolute atomic E-state index is 0.0306. The van der Waals surface area contributed by atoms with Crippen molar-refractivity contribution in [3.63, 3.8) is 0 Å². The van der Waals surface area contributed by atoms with Gasteiger partial charge in [0.2, 0.25) is 0 Å². The number of halogens is 3. The van der Waals surface area contributed by atoms with Crippen LogP contribution in [0.2, 0.25) is 0 Å². The van der Waals surface area contributed by atoms with Crippen LogP contribution in [0.4, 0.5) is 13.2 Å². The van der Waals surface area contributed by atoms with E-state index >= 15 is 0 Å². The van der Waals surface area contributed by atoms with Crippen molar-refractivity contribution in [2.75, 3.05) is 0 Å². The number of pyridine rings is 2. The summed E-state index contributed by atoms with van der Waals surface area (Å²) in [5.74, 6) is -0.214. The van der Waals surface area contributed by atoms with E-state index in [2.05, 4.69) is 9.97 Å². The molecule has 2 atom stereocenters. The highest BCUT2D eigenvalue weighted by Crippen LogP contribution is 2.48. The Morgan fingerprint density at radius 3 is 2.52 bits per heavy atom.